The summed E-state index contributed by atoms with van der Waals surface area (Å²) in [5.74, 6) is 1.41. The first kappa shape index (κ1) is 13.7. The molecule has 0 fully saturated rings. The van der Waals surface area contributed by atoms with Crippen LogP contribution in [0.1, 0.15) is 6.92 Å². The molecule has 1 aromatic heterocycles. The third-order valence-corrected chi connectivity index (χ3v) is 3.01. The molecule has 0 aliphatic rings. The normalized spacial score (nSPS) is 10.3. The van der Waals surface area contributed by atoms with E-state index in [2.05, 4.69) is 15.3 Å². The molecular formula is C12H12Cl2N4O. The van der Waals surface area contributed by atoms with E-state index in [1.807, 2.05) is 6.92 Å². The molecule has 0 amide bonds. The van der Waals surface area contributed by atoms with Gasteiger partial charge in [0.2, 0.25) is 11.8 Å². The Balaban J connectivity index is 2.30. The Morgan fingerprint density at radius 2 is 2.11 bits per heavy atom. The second kappa shape index (κ2) is 5.95. The fourth-order valence-electron chi connectivity index (χ4n) is 1.44. The van der Waals surface area contributed by atoms with E-state index in [9.17, 15) is 0 Å². The average Bonchev–Trinajstić information content (AvgIpc) is 2.35. The van der Waals surface area contributed by atoms with Gasteiger partial charge in [-0.05, 0) is 19.1 Å². The maximum atomic E-state index is 6.04. The van der Waals surface area contributed by atoms with Crippen LogP contribution in [0.25, 0.3) is 0 Å². The van der Waals surface area contributed by atoms with Crippen molar-refractivity contribution < 1.29 is 4.74 Å². The summed E-state index contributed by atoms with van der Waals surface area (Å²) in [5, 5.41) is 3.77. The maximum Gasteiger partial charge on any atom is 0.226 e. The predicted octanol–water partition coefficient (Wildman–Crippen LogP) is 3.59. The monoisotopic (exact) mass is 298 g/mol. The van der Waals surface area contributed by atoms with Crippen LogP contribution in [0.3, 0.4) is 0 Å². The van der Waals surface area contributed by atoms with Crippen LogP contribution in [-0.2, 0) is 0 Å². The average molecular weight is 299 g/mol. The zero-order valence-corrected chi connectivity index (χ0v) is 11.7. The number of nitrogens with one attached hydrogen (secondary N) is 1. The molecule has 1 aromatic carbocycles. The molecule has 0 atom stereocenters. The largest absolute Gasteiger partial charge is 0.437 e. The van der Waals surface area contributed by atoms with Gasteiger partial charge in [-0.25, -0.2) is 0 Å². The second-order valence-corrected chi connectivity index (χ2v) is 4.42. The first-order chi connectivity index (χ1) is 9.10. The lowest BCUT2D eigenvalue weighted by molar-refractivity contribution is 0.463. The van der Waals surface area contributed by atoms with Crippen molar-refractivity contribution >= 4 is 35.0 Å². The molecule has 19 heavy (non-hydrogen) atoms. The molecule has 0 unspecified atom stereocenters. The first-order valence-corrected chi connectivity index (χ1v) is 6.36. The fourth-order valence-corrected chi connectivity index (χ4v) is 1.77. The quantitative estimate of drug-likeness (QED) is 0.902. The Hall–Kier alpha value is -1.72. The molecule has 0 saturated carbocycles. The van der Waals surface area contributed by atoms with Crippen LogP contribution in [-0.4, -0.2) is 16.5 Å². The van der Waals surface area contributed by atoms with Gasteiger partial charge in [0, 0.05) is 12.6 Å². The highest BCUT2D eigenvalue weighted by Gasteiger charge is 2.09. The number of nitrogen functional groups attached to an aromatic ring is 1. The lowest BCUT2D eigenvalue weighted by Crippen LogP contribution is -2.04. The zero-order chi connectivity index (χ0) is 13.8. The highest BCUT2D eigenvalue weighted by Crippen LogP contribution is 2.34. The highest BCUT2D eigenvalue weighted by atomic mass is 35.5. The number of aromatic nitrogens is 2. The Bertz CT molecular complexity index is 592. The topological polar surface area (TPSA) is 73.1 Å². The molecule has 7 heteroatoms. The molecule has 0 spiro atoms. The number of nitrogens with zero attached hydrogens (tertiary/aromatic N) is 2. The molecule has 1 heterocycles. The van der Waals surface area contributed by atoms with E-state index in [1.165, 1.54) is 0 Å². The second-order valence-electron chi connectivity index (χ2n) is 3.63. The maximum absolute atomic E-state index is 6.04. The van der Waals surface area contributed by atoms with E-state index in [0.717, 1.165) is 0 Å². The molecule has 2 aromatic rings. The van der Waals surface area contributed by atoms with Crippen LogP contribution in [0.2, 0.25) is 10.0 Å². The van der Waals surface area contributed by atoms with Crippen molar-refractivity contribution in [2.24, 2.45) is 0 Å². The molecule has 5 nitrogen and oxygen atoms in total. The Labute approximate surface area is 120 Å². The molecule has 100 valence electrons. The Morgan fingerprint density at radius 3 is 2.84 bits per heavy atom. The molecular weight excluding hydrogens is 287 g/mol. The molecule has 0 aliphatic heterocycles. The molecule has 0 aliphatic carbocycles. The summed E-state index contributed by atoms with van der Waals surface area (Å²) in [6.45, 7) is 2.67. The third kappa shape index (κ3) is 3.39. The smallest absolute Gasteiger partial charge is 0.226 e. The van der Waals surface area contributed by atoms with Crippen molar-refractivity contribution in [2.75, 3.05) is 17.6 Å². The summed E-state index contributed by atoms with van der Waals surface area (Å²) in [7, 11) is 0. The van der Waals surface area contributed by atoms with Crippen molar-refractivity contribution in [1.29, 1.82) is 0 Å². The molecule has 2 rings (SSSR count). The molecule has 3 N–H and O–H groups in total. The standard InChI is InChI=1S/C12H12Cl2N4O/c1-2-16-9-6-10(18-12(15)17-9)19-8-5-3-4-7(13)11(8)14/h3-6H,2H2,1H3,(H3,15,16,17,18). The van der Waals surface area contributed by atoms with Crippen LogP contribution in [0, 0.1) is 0 Å². The van der Waals surface area contributed by atoms with E-state index < -0.39 is 0 Å². The summed E-state index contributed by atoms with van der Waals surface area (Å²) in [4.78, 5) is 8.01. The first-order valence-electron chi connectivity index (χ1n) is 5.60. The lowest BCUT2D eigenvalue weighted by Gasteiger charge is -2.09. The van der Waals surface area contributed by atoms with Crippen molar-refractivity contribution in [3.8, 4) is 11.6 Å². The van der Waals surface area contributed by atoms with Gasteiger partial charge in [-0.15, -0.1) is 0 Å². The van der Waals surface area contributed by atoms with Crippen LogP contribution >= 0.6 is 23.2 Å². The number of rotatable bonds is 4. The highest BCUT2D eigenvalue weighted by molar-refractivity contribution is 6.42. The van der Waals surface area contributed by atoms with Crippen molar-refractivity contribution in [3.05, 3.63) is 34.3 Å². The third-order valence-electron chi connectivity index (χ3n) is 2.21. The van der Waals surface area contributed by atoms with Gasteiger partial charge >= 0.3 is 0 Å². The van der Waals surface area contributed by atoms with Crippen LogP contribution in [0.15, 0.2) is 24.3 Å². The summed E-state index contributed by atoms with van der Waals surface area (Å²) in [5.41, 5.74) is 5.61. The Kier molecular flexibility index (Phi) is 4.29. The minimum atomic E-state index is 0.117. The van der Waals surface area contributed by atoms with E-state index in [4.69, 9.17) is 33.7 Å². The molecule has 0 radical (unpaired) electrons. The van der Waals surface area contributed by atoms with Gasteiger partial charge in [0.05, 0.1) is 5.02 Å². The van der Waals surface area contributed by atoms with Gasteiger partial charge in [0.25, 0.3) is 0 Å². The van der Waals surface area contributed by atoms with Gasteiger partial charge in [0.1, 0.15) is 16.6 Å². The minimum absolute atomic E-state index is 0.117. The van der Waals surface area contributed by atoms with E-state index in [-0.39, 0.29) is 5.95 Å². The number of hydrogen-bond donors (Lipinski definition) is 2. The van der Waals surface area contributed by atoms with Crippen LogP contribution in [0.4, 0.5) is 11.8 Å². The summed E-state index contributed by atoms with van der Waals surface area (Å²) < 4.78 is 5.57. The van der Waals surface area contributed by atoms with Crippen molar-refractivity contribution in [3.63, 3.8) is 0 Å². The van der Waals surface area contributed by atoms with E-state index in [0.29, 0.717) is 34.0 Å². The van der Waals surface area contributed by atoms with Crippen LogP contribution < -0.4 is 15.8 Å². The number of hydrogen-bond acceptors (Lipinski definition) is 5. The van der Waals surface area contributed by atoms with E-state index >= 15 is 0 Å². The molecule has 0 bridgehead atoms. The van der Waals surface area contributed by atoms with Crippen molar-refractivity contribution in [2.45, 2.75) is 6.92 Å². The van der Waals surface area contributed by atoms with E-state index in [1.54, 1.807) is 24.3 Å². The van der Waals surface area contributed by atoms with Gasteiger partial charge in [0.15, 0.2) is 0 Å². The van der Waals surface area contributed by atoms with Gasteiger partial charge < -0.3 is 15.8 Å². The number of benzene rings is 1. The van der Waals surface area contributed by atoms with Crippen molar-refractivity contribution in [1.82, 2.24) is 9.97 Å². The summed E-state index contributed by atoms with van der Waals surface area (Å²) in [6.07, 6.45) is 0. The Morgan fingerprint density at radius 1 is 1.32 bits per heavy atom. The number of ether oxygens (including phenoxy) is 1. The van der Waals surface area contributed by atoms with Gasteiger partial charge in [-0.2, -0.15) is 9.97 Å². The number of anilines is 2. The molecule has 0 saturated heterocycles. The number of halogens is 2. The lowest BCUT2D eigenvalue weighted by atomic mass is 10.3. The minimum Gasteiger partial charge on any atom is -0.437 e. The van der Waals surface area contributed by atoms with Gasteiger partial charge in [-0.3, -0.25) is 0 Å². The SMILES string of the molecule is CCNc1cc(Oc2cccc(Cl)c2Cl)nc(N)n1. The number of nitrogens with two attached hydrogens (primary N) is 1. The zero-order valence-electron chi connectivity index (χ0n) is 10.2. The fraction of sp³-hybridized carbons (Fsp3) is 0.167. The van der Waals surface area contributed by atoms with Gasteiger partial charge in [-0.1, -0.05) is 29.3 Å². The predicted molar refractivity (Wildman–Crippen MR) is 77.1 cm³/mol. The summed E-state index contributed by atoms with van der Waals surface area (Å²) in [6, 6.07) is 6.74. The van der Waals surface area contributed by atoms with Crippen LogP contribution in [0.5, 0.6) is 11.6 Å². The summed E-state index contributed by atoms with van der Waals surface area (Å²) >= 11 is 11.9.